The Kier molecular flexibility index (Phi) is 11.8. The third-order valence-electron chi connectivity index (χ3n) is 8.89. The highest BCUT2D eigenvalue weighted by molar-refractivity contribution is 6.32. The Hall–Kier alpha value is -3.91. The van der Waals surface area contributed by atoms with Crippen LogP contribution in [0.5, 0.6) is 11.5 Å². The molecule has 1 aliphatic carbocycles. The summed E-state index contributed by atoms with van der Waals surface area (Å²) in [5.41, 5.74) is 2.28. The third kappa shape index (κ3) is 8.20. The molecule has 11 heteroatoms. The van der Waals surface area contributed by atoms with Gasteiger partial charge in [-0.2, -0.15) is 5.26 Å². The van der Waals surface area contributed by atoms with Crippen molar-refractivity contribution in [3.63, 3.8) is 0 Å². The number of pyridine rings is 1. The maximum absolute atomic E-state index is 11.6. The Balaban J connectivity index is 1.35. The first kappa shape index (κ1) is 35.4. The number of hydrogen-bond donors (Lipinski definition) is 2. The van der Waals surface area contributed by atoms with E-state index in [-0.39, 0.29) is 30.8 Å². The number of allylic oxidation sites excluding steroid dienone is 2. The summed E-state index contributed by atoms with van der Waals surface area (Å²) in [4.78, 5) is 16.8. The minimum atomic E-state index is -1.12. The first-order chi connectivity index (χ1) is 23.2. The molecule has 2 aromatic carbocycles. The van der Waals surface area contributed by atoms with Crippen LogP contribution in [0.3, 0.4) is 0 Å². The van der Waals surface area contributed by atoms with Crippen LogP contribution < -0.4 is 9.47 Å². The summed E-state index contributed by atoms with van der Waals surface area (Å²) in [6, 6.07) is 16.8. The molecule has 3 aromatic rings. The highest BCUT2D eigenvalue weighted by Crippen LogP contribution is 2.47. The van der Waals surface area contributed by atoms with E-state index in [1.54, 1.807) is 24.4 Å². The maximum Gasteiger partial charge on any atom is 0.307 e. The van der Waals surface area contributed by atoms with Crippen LogP contribution in [0, 0.1) is 17.2 Å². The highest BCUT2D eigenvalue weighted by atomic mass is 35.5. The van der Waals surface area contributed by atoms with Gasteiger partial charge in [-0.15, -0.1) is 11.6 Å². The normalized spacial score (nSPS) is 22.5. The maximum atomic E-state index is 11.6. The van der Waals surface area contributed by atoms with Gasteiger partial charge in [-0.3, -0.25) is 9.78 Å². The zero-order chi connectivity index (χ0) is 34.1. The van der Waals surface area contributed by atoms with Crippen LogP contribution in [-0.2, 0) is 22.7 Å². The molecule has 48 heavy (non-hydrogen) atoms. The van der Waals surface area contributed by atoms with Crippen LogP contribution in [0.15, 0.2) is 79.2 Å². The van der Waals surface area contributed by atoms with E-state index < -0.39 is 16.4 Å². The molecule has 1 saturated heterocycles. The average Bonchev–Trinajstić information content (AvgIpc) is 3.10. The van der Waals surface area contributed by atoms with Crippen LogP contribution in [-0.4, -0.2) is 69.4 Å². The second-order valence-electron chi connectivity index (χ2n) is 12.2. The number of hydrogen-bond acceptors (Lipinski definition) is 8. The number of carboxylic acid groups (broad SMARTS) is 1. The second-order valence-corrected chi connectivity index (χ2v) is 13.4. The fourth-order valence-electron chi connectivity index (χ4n) is 6.16. The topological polar surface area (TPSA) is 125 Å². The zero-order valence-corrected chi connectivity index (χ0v) is 28.3. The number of rotatable bonds is 14. The summed E-state index contributed by atoms with van der Waals surface area (Å²) in [5.74, 6) is -0.406. The van der Waals surface area contributed by atoms with E-state index in [4.69, 9.17) is 37.4 Å². The molecular weight excluding hydrogens is 653 g/mol. The molecule has 0 spiro atoms. The molecule has 0 amide bonds. The van der Waals surface area contributed by atoms with E-state index in [0.717, 1.165) is 24.1 Å². The first-order valence-electron chi connectivity index (χ1n) is 15.9. The molecule has 1 aliphatic heterocycles. The van der Waals surface area contributed by atoms with Gasteiger partial charge >= 0.3 is 5.97 Å². The van der Waals surface area contributed by atoms with Gasteiger partial charge in [0.25, 0.3) is 0 Å². The summed E-state index contributed by atoms with van der Waals surface area (Å²) in [6.45, 7) is 4.17. The monoisotopic (exact) mass is 691 g/mol. The van der Waals surface area contributed by atoms with Gasteiger partial charge < -0.3 is 29.3 Å². The lowest BCUT2D eigenvalue weighted by molar-refractivity contribution is -0.143. The number of carboxylic acids is 1. The van der Waals surface area contributed by atoms with Crippen LogP contribution in [0.2, 0.25) is 5.02 Å². The van der Waals surface area contributed by atoms with Crippen molar-refractivity contribution in [1.82, 2.24) is 9.88 Å². The van der Waals surface area contributed by atoms with Crippen LogP contribution in [0.4, 0.5) is 0 Å². The van der Waals surface area contributed by atoms with Crippen molar-refractivity contribution in [1.29, 1.82) is 5.26 Å². The number of alkyl halides is 1. The lowest BCUT2D eigenvalue weighted by Gasteiger charge is -2.45. The molecule has 0 saturated carbocycles. The van der Waals surface area contributed by atoms with Crippen molar-refractivity contribution >= 4 is 34.7 Å². The van der Waals surface area contributed by atoms with Crippen molar-refractivity contribution in [2.45, 2.75) is 49.9 Å². The summed E-state index contributed by atoms with van der Waals surface area (Å²) < 4.78 is 19.1. The first-order valence-corrected chi connectivity index (χ1v) is 16.7. The van der Waals surface area contributed by atoms with Crippen molar-refractivity contribution < 1.29 is 29.2 Å². The molecule has 2 N–H and O–H groups in total. The Morgan fingerprint density at radius 1 is 1.17 bits per heavy atom. The van der Waals surface area contributed by atoms with Gasteiger partial charge in [-0.1, -0.05) is 54.1 Å². The lowest BCUT2D eigenvalue weighted by Crippen LogP contribution is -2.55. The van der Waals surface area contributed by atoms with Crippen LogP contribution >= 0.6 is 23.2 Å². The van der Waals surface area contributed by atoms with Gasteiger partial charge in [0, 0.05) is 49.3 Å². The number of nitrogens with zero attached hydrogens (tertiary/aromatic N) is 3. The molecule has 1 fully saturated rings. The highest BCUT2D eigenvalue weighted by Gasteiger charge is 2.51. The number of aromatic nitrogens is 1. The molecular formula is C37H39Cl2N3O6. The smallest absolute Gasteiger partial charge is 0.307 e. The number of nitriles is 1. The van der Waals surface area contributed by atoms with Gasteiger partial charge in [0.2, 0.25) is 0 Å². The minimum Gasteiger partial charge on any atom is -0.488 e. The number of likely N-dealkylation sites (tertiary alicyclic amines) is 1. The molecule has 0 radical (unpaired) electrons. The second kappa shape index (κ2) is 16.0. The Morgan fingerprint density at radius 3 is 2.73 bits per heavy atom. The summed E-state index contributed by atoms with van der Waals surface area (Å²) in [6.07, 6.45) is 11.1. The van der Waals surface area contributed by atoms with E-state index in [1.807, 2.05) is 55.5 Å². The molecule has 2 aliphatic rings. The largest absolute Gasteiger partial charge is 0.488 e. The fraction of sp³-hybridized carbons (Fsp3) is 0.378. The van der Waals surface area contributed by atoms with Crippen LogP contribution in [0.25, 0.3) is 5.57 Å². The van der Waals surface area contributed by atoms with Gasteiger partial charge in [-0.25, -0.2) is 0 Å². The SMILES string of the molecule is CC1(Cl)C(c2ccccc2)=CC=CC1(COc1cc(OCc2cncc(C#N)c2)c(CO)cc1Cl)OCCCN1CCC[C@H](C(=O)O)C1. The number of aliphatic hydroxyl groups is 1. The molecule has 2 heterocycles. The van der Waals surface area contributed by atoms with Crippen molar-refractivity contribution in [2.75, 3.05) is 32.8 Å². The number of ether oxygens (including phenoxy) is 3. The van der Waals surface area contributed by atoms with Gasteiger partial charge in [0.15, 0.2) is 0 Å². The lowest BCUT2D eigenvalue weighted by atomic mass is 9.76. The van der Waals surface area contributed by atoms with Gasteiger partial charge in [0.05, 0.1) is 23.1 Å². The number of benzene rings is 2. The number of aliphatic carboxylic acids is 1. The number of aliphatic hydroxyl groups excluding tert-OH is 1. The third-order valence-corrected chi connectivity index (χ3v) is 9.71. The van der Waals surface area contributed by atoms with Crippen molar-refractivity contribution in [2.24, 2.45) is 5.92 Å². The summed E-state index contributed by atoms with van der Waals surface area (Å²) in [5, 5.41) is 29.0. The fourth-order valence-corrected chi connectivity index (χ4v) is 6.74. The predicted octanol–water partition coefficient (Wildman–Crippen LogP) is 6.65. The minimum absolute atomic E-state index is 0.00421. The van der Waals surface area contributed by atoms with Gasteiger partial charge in [-0.05, 0) is 62.1 Å². The number of halogens is 2. The summed E-state index contributed by atoms with van der Waals surface area (Å²) in [7, 11) is 0. The van der Waals surface area contributed by atoms with Gasteiger partial charge in [0.1, 0.15) is 41.3 Å². The Bertz CT molecular complexity index is 1690. The van der Waals surface area contributed by atoms with Crippen molar-refractivity contribution in [3.05, 3.63) is 106 Å². The van der Waals surface area contributed by atoms with E-state index >= 15 is 0 Å². The molecule has 252 valence electrons. The van der Waals surface area contributed by atoms with E-state index in [0.29, 0.717) is 60.7 Å². The van der Waals surface area contributed by atoms with E-state index in [2.05, 4.69) is 16.0 Å². The Labute approximate surface area is 291 Å². The standard InChI is InChI=1S/C37H39Cl2N3O6/c1-36(39)31(28-8-3-2-4-9-28)11-5-12-37(36,48-15-7-14-42-13-6-10-29(22-42)35(44)45)25-47-34-18-33(30(23-43)17-32(34)38)46-24-27-16-26(19-40)20-41-21-27/h2-5,8-9,11-12,16-18,20-21,29,43H,6-7,10,13-15,22-25H2,1H3,(H,44,45)/t29-,36?,37?/m0/s1. The molecule has 5 rings (SSSR count). The summed E-state index contributed by atoms with van der Waals surface area (Å²) >= 11 is 14.1. The van der Waals surface area contributed by atoms with Crippen LogP contribution in [0.1, 0.15) is 48.4 Å². The molecule has 0 bridgehead atoms. The molecule has 3 atom stereocenters. The number of piperidine rings is 1. The van der Waals surface area contributed by atoms with E-state index in [9.17, 15) is 20.3 Å². The quantitative estimate of drug-likeness (QED) is 0.141. The number of carbonyl (C=O) groups is 1. The van der Waals surface area contributed by atoms with E-state index in [1.165, 1.54) is 6.20 Å². The van der Waals surface area contributed by atoms with Crippen molar-refractivity contribution in [3.8, 4) is 17.6 Å². The molecule has 9 nitrogen and oxygen atoms in total. The molecule has 2 unspecified atom stereocenters. The zero-order valence-electron chi connectivity index (χ0n) is 26.8. The molecule has 1 aromatic heterocycles. The Morgan fingerprint density at radius 2 is 1.98 bits per heavy atom. The average molecular weight is 693 g/mol. The predicted molar refractivity (Wildman–Crippen MR) is 184 cm³/mol.